The number of hydrogen-bond donors (Lipinski definition) is 2. The summed E-state index contributed by atoms with van der Waals surface area (Å²) in [4.78, 5) is 20.4. The zero-order chi connectivity index (χ0) is 23.5. The second-order valence-corrected chi connectivity index (χ2v) is 8.04. The minimum Gasteiger partial charge on any atom is -0.716 e. The molecule has 0 amide bonds. The average molecular weight is 1180 g/mol. The number of rotatable bonds is 0. The van der Waals surface area contributed by atoms with Crippen LogP contribution in [-0.2, 0) is 70.2 Å². The molecule has 1 aromatic heterocycles. The summed E-state index contributed by atoms with van der Waals surface area (Å²) in [6.45, 7) is 1.50. The van der Waals surface area contributed by atoms with E-state index in [9.17, 15) is 0 Å². The van der Waals surface area contributed by atoms with E-state index in [0.717, 1.165) is 5.49 Å². The fourth-order valence-electron chi connectivity index (χ4n) is 3.92. The van der Waals surface area contributed by atoms with Crippen LogP contribution in [0.2, 0.25) is 0 Å². The van der Waals surface area contributed by atoms with E-state index in [-0.39, 0.29) is 173 Å². The number of nitrogens with one attached hydrogen (secondary N) is 5. The number of likely N-dealkylation sites (N-methyl/N-ethyl adjacent to an activating group) is 2. The van der Waals surface area contributed by atoms with Crippen molar-refractivity contribution in [1.29, 1.82) is 0 Å². The van der Waals surface area contributed by atoms with Gasteiger partial charge in [-0.15, -0.1) is 0 Å². The summed E-state index contributed by atoms with van der Waals surface area (Å²) in [5.74, 6) is 0.232. The van der Waals surface area contributed by atoms with Gasteiger partial charge in [0, 0.05) is 84.3 Å². The van der Waals surface area contributed by atoms with Crippen molar-refractivity contribution in [2.75, 3.05) is 34.1 Å². The first kappa shape index (κ1) is 66.6. The molecule has 0 spiro atoms. The Morgan fingerprint density at radius 1 is 0.733 bits per heavy atom. The van der Waals surface area contributed by atoms with Crippen molar-refractivity contribution in [3.63, 3.8) is 0 Å². The fourth-order valence-corrected chi connectivity index (χ4v) is 3.92. The number of fused-ring (bicyclic) bond motifs is 3. The summed E-state index contributed by atoms with van der Waals surface area (Å²) in [6, 6.07) is -0.0116. The predicted molar refractivity (Wildman–Crippen MR) is 184 cm³/mol. The van der Waals surface area contributed by atoms with Gasteiger partial charge in [-0.05, 0) is 6.67 Å². The molecule has 2 fully saturated rings. The first-order chi connectivity index (χ1) is 15.9. The van der Waals surface area contributed by atoms with E-state index in [4.69, 9.17) is 17.2 Å². The standard InChI is InChI=1S/2C6H11N5.C6H7N5.9CH3.3Pt/c3*1-11-3-10-4-5(7)8-2-9-6(4)11;;;;;;;;;;;;/h2*3-7,9H,2H2,1H3;3,7H,2H2,1H3;9*1H3;;;/q3*-2;9*-1;;;. The Balaban J connectivity index is -0.0000000545. The second-order valence-electron chi connectivity index (χ2n) is 8.04. The summed E-state index contributed by atoms with van der Waals surface area (Å²) < 4.78 is 1.79. The number of hydrogen-bond acceptors (Lipinski definition) is 8. The molecule has 5 N–H and O–H groups in total. The topological polar surface area (TPSA) is 199 Å². The van der Waals surface area contributed by atoms with Gasteiger partial charge in [0.1, 0.15) is 5.49 Å². The third-order valence-electron chi connectivity index (χ3n) is 5.77. The van der Waals surface area contributed by atoms with Crippen LogP contribution in [0.3, 0.4) is 0 Å². The summed E-state index contributed by atoms with van der Waals surface area (Å²) in [7, 11) is 5.77. The maximum absolute atomic E-state index is 7.54. The van der Waals surface area contributed by atoms with Crippen molar-refractivity contribution in [3.8, 4) is 0 Å². The van der Waals surface area contributed by atoms with Crippen LogP contribution >= 0.6 is 0 Å². The molecule has 6 heterocycles. The van der Waals surface area contributed by atoms with Crippen LogP contribution < -0.4 is 21.5 Å². The molecule has 15 nitrogen and oxygen atoms in total. The monoisotopic (exact) mass is 1180 g/mol. The number of aliphatic imine (C=N–C) groups is 2. The Morgan fingerprint density at radius 3 is 1.49 bits per heavy atom. The SMILES string of the molecule is CN1C=NC2C([NH-])[N-]CNC21.CN1C=NC2C([NH-])[N-]CNC21.Cn1cnc2c1=NC[N-]C=2[NH-].[CH3-].[CH3-].[CH3-].[CH3-].[CH3-].[CH3-].[CH3-].[CH3-].[CH3-].[Pt].[Pt].[Pt]. The number of aromatic nitrogens is 2. The molecule has 45 heavy (non-hydrogen) atoms. The van der Waals surface area contributed by atoms with Crippen molar-refractivity contribution >= 4 is 18.5 Å². The largest absolute Gasteiger partial charge is 0.716 e. The van der Waals surface area contributed by atoms with Crippen molar-refractivity contribution < 1.29 is 63.2 Å². The Kier molecular flexibility index (Phi) is 45.3. The molecular weight excluding hydrogens is 1120 g/mol. The molecule has 5 aliphatic heterocycles. The molecule has 18 heteroatoms. The second kappa shape index (κ2) is 30.6. The van der Waals surface area contributed by atoms with Crippen LogP contribution in [0, 0.1) is 66.8 Å². The van der Waals surface area contributed by atoms with Gasteiger partial charge in [-0.1, -0.05) is 13.3 Å². The third kappa shape index (κ3) is 15.8. The van der Waals surface area contributed by atoms with Gasteiger partial charge in [-0.3, -0.25) is 15.0 Å². The van der Waals surface area contributed by atoms with E-state index in [1.807, 2.05) is 30.9 Å². The summed E-state index contributed by atoms with van der Waals surface area (Å²) in [5.41, 5.74) is 23.2. The van der Waals surface area contributed by atoms with E-state index in [0.29, 0.717) is 25.4 Å². The first-order valence-electron chi connectivity index (χ1n) is 10.5. The molecule has 0 saturated carbocycles. The molecule has 0 radical (unpaired) electrons. The zero-order valence-corrected chi connectivity index (χ0v) is 35.6. The van der Waals surface area contributed by atoms with Crippen LogP contribution in [0.15, 0.2) is 21.3 Å². The van der Waals surface area contributed by atoms with Gasteiger partial charge in [0.05, 0.1) is 48.8 Å². The summed E-state index contributed by atoms with van der Waals surface area (Å²) in [6.07, 6.45) is 4.79. The third-order valence-corrected chi connectivity index (χ3v) is 5.77. The first-order valence-corrected chi connectivity index (χ1v) is 10.5. The minimum absolute atomic E-state index is 0. The van der Waals surface area contributed by atoms with Crippen molar-refractivity contribution in [3.05, 3.63) is 117 Å². The van der Waals surface area contributed by atoms with E-state index in [1.165, 1.54) is 0 Å². The molecule has 0 aromatic carbocycles. The van der Waals surface area contributed by atoms with Crippen LogP contribution in [0.1, 0.15) is 0 Å². The molecular formula is C27H56N15Pt3-15. The number of imidazole rings is 1. The Bertz CT molecular complexity index is 968. The number of nitrogens with zero attached hydrogens (tertiary/aromatic N) is 10. The van der Waals surface area contributed by atoms with Gasteiger partial charge in [-0.25, -0.2) is 23.1 Å². The van der Waals surface area contributed by atoms with Crippen LogP contribution in [0.4, 0.5) is 0 Å². The Hall–Kier alpha value is -0.755. The smallest absolute Gasteiger partial charge is 0.150 e. The Morgan fingerprint density at radius 2 is 1.13 bits per heavy atom. The van der Waals surface area contributed by atoms with Crippen LogP contribution in [0.5, 0.6) is 0 Å². The molecule has 2 saturated heterocycles. The quantitative estimate of drug-likeness (QED) is 0.375. The molecule has 1 aromatic rings. The van der Waals surface area contributed by atoms with E-state index in [2.05, 4.69) is 46.5 Å². The fraction of sp³-hybridized carbons (Fsp3) is 0.444. The van der Waals surface area contributed by atoms with Gasteiger partial charge in [0.25, 0.3) is 0 Å². The zero-order valence-electron chi connectivity index (χ0n) is 28.7. The summed E-state index contributed by atoms with van der Waals surface area (Å²) >= 11 is 0. The molecule has 5 aliphatic rings. The molecule has 0 aliphatic carbocycles. The van der Waals surface area contributed by atoms with E-state index < -0.39 is 0 Å². The Labute approximate surface area is 319 Å². The van der Waals surface area contributed by atoms with Gasteiger partial charge in [0.2, 0.25) is 0 Å². The summed E-state index contributed by atoms with van der Waals surface area (Å²) in [5, 5.41) is 18.8. The van der Waals surface area contributed by atoms with Crippen LogP contribution in [0.25, 0.3) is 39.0 Å². The van der Waals surface area contributed by atoms with Crippen molar-refractivity contribution in [2.45, 2.75) is 36.7 Å². The van der Waals surface area contributed by atoms with Gasteiger partial charge < -0.3 is 125 Å². The molecule has 0 bridgehead atoms. The van der Waals surface area contributed by atoms with Crippen molar-refractivity contribution in [1.82, 2.24) is 30.0 Å². The molecule has 284 valence electrons. The molecule has 6 atom stereocenters. The normalized spacial score (nSPS) is 24.6. The van der Waals surface area contributed by atoms with Crippen LogP contribution in [-0.4, -0.2) is 103 Å². The van der Waals surface area contributed by atoms with E-state index >= 15 is 0 Å². The van der Waals surface area contributed by atoms with E-state index in [1.54, 1.807) is 23.6 Å². The predicted octanol–water partition coefficient (Wildman–Crippen LogP) is 3.48. The average Bonchev–Trinajstić information content (AvgIpc) is 3.50. The molecule has 6 unspecified atom stereocenters. The van der Waals surface area contributed by atoms with Gasteiger partial charge in [0.15, 0.2) is 0 Å². The van der Waals surface area contributed by atoms with Gasteiger partial charge in [-0.2, -0.15) is 0 Å². The minimum atomic E-state index is -0.387. The maximum atomic E-state index is 7.54. The maximum Gasteiger partial charge on any atom is 0.150 e. The van der Waals surface area contributed by atoms with Crippen molar-refractivity contribution in [2.24, 2.45) is 22.0 Å². The van der Waals surface area contributed by atoms with Gasteiger partial charge >= 0.3 is 0 Å². The molecule has 6 rings (SSSR count). The number of aryl methyl sites for hydroxylation is 1.